The van der Waals surface area contributed by atoms with Crippen LogP contribution in [0.2, 0.25) is 0 Å². The Morgan fingerprint density at radius 3 is 2.68 bits per heavy atom. The van der Waals surface area contributed by atoms with Crippen LogP contribution in [-0.4, -0.2) is 23.8 Å². The van der Waals surface area contributed by atoms with Gasteiger partial charge in [-0.2, -0.15) is 0 Å². The Labute approximate surface area is 169 Å². The largest absolute Gasteiger partial charge is 0.481 e. The minimum Gasteiger partial charge on any atom is -0.481 e. The smallest absolute Gasteiger partial charge is 0.219 e. The molecule has 1 unspecified atom stereocenters. The number of ether oxygens (including phenoxy) is 1. The van der Waals surface area contributed by atoms with Crippen molar-refractivity contribution in [1.29, 1.82) is 0 Å². The number of halogens is 1. The first-order valence-corrected chi connectivity index (χ1v) is 9.65. The molecule has 0 amide bonds. The molecule has 1 aliphatic rings. The number of nitrogens with zero attached hydrogens (tertiary/aromatic N) is 1. The Kier molecular flexibility index (Phi) is 4.67. The van der Waals surface area contributed by atoms with Crippen molar-refractivity contribution in [2.45, 2.75) is 19.4 Å². The number of pyridine rings is 1. The fourth-order valence-electron chi connectivity index (χ4n) is 3.82. The van der Waals surface area contributed by atoms with Crippen molar-refractivity contribution in [3.63, 3.8) is 0 Å². The van der Waals surface area contributed by atoms with Gasteiger partial charge in [-0.1, -0.05) is 38.1 Å². The van der Waals surface area contributed by atoms with Crippen molar-refractivity contribution in [2.75, 3.05) is 13.7 Å². The summed E-state index contributed by atoms with van der Waals surface area (Å²) in [6.07, 6.45) is 0. The Hall–Kier alpha value is -2.73. The minimum absolute atomic E-state index is 0.239. The molecule has 1 atom stereocenters. The summed E-state index contributed by atoms with van der Waals surface area (Å²) in [4.78, 5) is 4.74. The maximum Gasteiger partial charge on any atom is 0.219 e. The van der Waals surface area contributed by atoms with Gasteiger partial charge in [0.2, 0.25) is 5.88 Å². The number of nitrogens with one attached hydrogen (secondary N) is 2. The van der Waals surface area contributed by atoms with E-state index in [4.69, 9.17) is 21.9 Å². The summed E-state index contributed by atoms with van der Waals surface area (Å²) in [6.45, 7) is 4.95. The molecule has 0 spiro atoms. The highest BCUT2D eigenvalue weighted by Crippen LogP contribution is 2.38. The van der Waals surface area contributed by atoms with Crippen molar-refractivity contribution in [3.05, 3.63) is 59.9 Å². The molecular weight excluding hydrogens is 373 g/mol. The lowest BCUT2D eigenvalue weighted by molar-refractivity contribution is 0.288. The van der Waals surface area contributed by atoms with Crippen molar-refractivity contribution < 1.29 is 9.13 Å². The predicted octanol–water partition coefficient (Wildman–Crippen LogP) is 4.38. The van der Waals surface area contributed by atoms with Crippen LogP contribution in [0.25, 0.3) is 22.0 Å². The molecule has 1 aromatic heterocycles. The molecule has 2 heterocycles. The third-order valence-electron chi connectivity index (χ3n) is 5.51. The van der Waals surface area contributed by atoms with Crippen LogP contribution in [0.1, 0.15) is 19.4 Å². The van der Waals surface area contributed by atoms with E-state index in [1.54, 1.807) is 13.2 Å². The molecule has 2 N–H and O–H groups in total. The number of hydrogen-bond acceptors (Lipinski definition) is 3. The Bertz CT molecular complexity index is 1070. The van der Waals surface area contributed by atoms with E-state index in [9.17, 15) is 4.39 Å². The van der Waals surface area contributed by atoms with Crippen molar-refractivity contribution in [2.24, 2.45) is 5.92 Å². The number of thiocarbonyl (C=S) groups is 1. The molecule has 0 saturated carbocycles. The van der Waals surface area contributed by atoms with Gasteiger partial charge in [0, 0.05) is 23.1 Å². The van der Waals surface area contributed by atoms with Gasteiger partial charge in [0.15, 0.2) is 5.11 Å². The molecule has 1 aliphatic heterocycles. The molecule has 2 aromatic carbocycles. The molecule has 6 heteroatoms. The third-order valence-corrected chi connectivity index (χ3v) is 5.76. The van der Waals surface area contributed by atoms with Gasteiger partial charge >= 0.3 is 0 Å². The van der Waals surface area contributed by atoms with Crippen molar-refractivity contribution in [1.82, 2.24) is 15.6 Å². The normalized spacial score (nSPS) is 19.0. The van der Waals surface area contributed by atoms with Crippen LogP contribution in [0.5, 0.6) is 5.88 Å². The van der Waals surface area contributed by atoms with Crippen LogP contribution in [0.4, 0.5) is 4.39 Å². The van der Waals surface area contributed by atoms with E-state index in [-0.39, 0.29) is 17.3 Å². The van der Waals surface area contributed by atoms with E-state index in [0.717, 1.165) is 22.2 Å². The van der Waals surface area contributed by atoms with Crippen LogP contribution in [0.15, 0.2) is 48.5 Å². The summed E-state index contributed by atoms with van der Waals surface area (Å²) < 4.78 is 19.8. The third kappa shape index (κ3) is 2.98. The van der Waals surface area contributed by atoms with E-state index in [0.29, 0.717) is 22.9 Å². The summed E-state index contributed by atoms with van der Waals surface area (Å²) >= 11 is 5.31. The quantitative estimate of drug-likeness (QED) is 0.642. The topological polar surface area (TPSA) is 46.2 Å². The number of benzene rings is 2. The monoisotopic (exact) mass is 395 g/mol. The first-order valence-electron chi connectivity index (χ1n) is 9.25. The van der Waals surface area contributed by atoms with Gasteiger partial charge in [-0.05, 0) is 47.8 Å². The Morgan fingerprint density at radius 1 is 1.18 bits per heavy atom. The zero-order chi connectivity index (χ0) is 19.9. The van der Waals surface area contributed by atoms with E-state index in [1.807, 2.05) is 36.4 Å². The van der Waals surface area contributed by atoms with Gasteiger partial charge in [0.05, 0.1) is 18.3 Å². The zero-order valence-electron chi connectivity index (χ0n) is 16.0. The van der Waals surface area contributed by atoms with Gasteiger partial charge in [-0.25, -0.2) is 9.37 Å². The second-order valence-corrected chi connectivity index (χ2v) is 7.77. The fraction of sp³-hybridized carbons (Fsp3) is 0.273. The van der Waals surface area contributed by atoms with Gasteiger partial charge in [0.1, 0.15) is 5.82 Å². The Morgan fingerprint density at radius 2 is 2.00 bits per heavy atom. The van der Waals surface area contributed by atoms with Gasteiger partial charge in [-0.3, -0.25) is 0 Å². The van der Waals surface area contributed by atoms with Gasteiger partial charge < -0.3 is 15.4 Å². The highest BCUT2D eigenvalue weighted by molar-refractivity contribution is 7.80. The first-order chi connectivity index (χ1) is 13.4. The summed E-state index contributed by atoms with van der Waals surface area (Å²) in [5, 5.41) is 8.68. The first kappa shape index (κ1) is 18.6. The standard InChI is InChI=1S/C22H22FN3OS/c1-13(2)22(12-24-21(28)26-22)17-9-10-19(25-20(17)27-3)15-8-7-14-5-4-6-18(23)16(14)11-15/h4-11,13H,12H2,1-3H3,(H2,24,26,28). The van der Waals surface area contributed by atoms with Crippen LogP contribution in [-0.2, 0) is 5.54 Å². The van der Waals surface area contributed by atoms with E-state index in [1.165, 1.54) is 6.07 Å². The number of fused-ring (bicyclic) bond motifs is 1. The highest BCUT2D eigenvalue weighted by Gasteiger charge is 2.43. The molecule has 0 radical (unpaired) electrons. The molecule has 144 valence electrons. The summed E-state index contributed by atoms with van der Waals surface area (Å²) in [6, 6.07) is 14.7. The fourth-order valence-corrected chi connectivity index (χ4v) is 4.08. The minimum atomic E-state index is -0.385. The second kappa shape index (κ2) is 7.02. The second-order valence-electron chi connectivity index (χ2n) is 7.36. The molecule has 3 aromatic rings. The van der Waals surface area contributed by atoms with E-state index >= 15 is 0 Å². The number of hydrogen-bond donors (Lipinski definition) is 2. The lowest BCUT2D eigenvalue weighted by Crippen LogP contribution is -2.45. The molecule has 4 rings (SSSR count). The van der Waals surface area contributed by atoms with Gasteiger partial charge in [-0.15, -0.1) is 0 Å². The molecule has 0 aliphatic carbocycles. The predicted molar refractivity (Wildman–Crippen MR) is 114 cm³/mol. The van der Waals surface area contributed by atoms with Crippen molar-refractivity contribution in [3.8, 4) is 17.1 Å². The maximum absolute atomic E-state index is 14.2. The molecular formula is C22H22FN3OS. The summed E-state index contributed by atoms with van der Waals surface area (Å²) in [5.41, 5.74) is 2.14. The summed E-state index contributed by atoms with van der Waals surface area (Å²) in [5.74, 6) is 0.562. The number of aromatic nitrogens is 1. The SMILES string of the molecule is COc1nc(-c2ccc3cccc(F)c3c2)ccc1C1(C(C)C)CNC(=S)N1. The average molecular weight is 396 g/mol. The highest BCUT2D eigenvalue weighted by atomic mass is 32.1. The number of rotatable bonds is 4. The van der Waals surface area contributed by atoms with E-state index < -0.39 is 0 Å². The van der Waals surface area contributed by atoms with Crippen LogP contribution in [0.3, 0.4) is 0 Å². The molecule has 28 heavy (non-hydrogen) atoms. The maximum atomic E-state index is 14.2. The van der Waals surface area contributed by atoms with Crippen molar-refractivity contribution >= 4 is 28.1 Å². The lowest BCUT2D eigenvalue weighted by atomic mass is 9.81. The molecule has 1 fully saturated rings. The molecule has 0 bridgehead atoms. The van der Waals surface area contributed by atoms with E-state index in [2.05, 4.69) is 24.5 Å². The van der Waals surface area contributed by atoms with Crippen LogP contribution < -0.4 is 15.4 Å². The van der Waals surface area contributed by atoms with Crippen LogP contribution >= 0.6 is 12.2 Å². The molecule has 4 nitrogen and oxygen atoms in total. The zero-order valence-corrected chi connectivity index (χ0v) is 16.9. The Balaban J connectivity index is 1.81. The van der Waals surface area contributed by atoms with Crippen LogP contribution in [0, 0.1) is 11.7 Å². The molecule has 1 saturated heterocycles. The average Bonchev–Trinajstić information content (AvgIpc) is 3.10. The summed E-state index contributed by atoms with van der Waals surface area (Å²) in [7, 11) is 1.62. The number of methoxy groups -OCH3 is 1. The lowest BCUT2D eigenvalue weighted by Gasteiger charge is -2.34. The van der Waals surface area contributed by atoms with Gasteiger partial charge in [0.25, 0.3) is 0 Å².